The van der Waals surface area contributed by atoms with E-state index in [-0.39, 0.29) is 17.5 Å². The second kappa shape index (κ2) is 9.74. The summed E-state index contributed by atoms with van der Waals surface area (Å²) in [4.78, 5) is 36.7. The molecule has 7 heteroatoms. The van der Waals surface area contributed by atoms with Gasteiger partial charge in [-0.3, -0.25) is 9.59 Å². The molecule has 1 aliphatic rings. The molecule has 0 bridgehead atoms. The molecule has 1 aromatic carbocycles. The third-order valence-electron chi connectivity index (χ3n) is 4.92. The van der Waals surface area contributed by atoms with Gasteiger partial charge >= 0.3 is 5.97 Å². The predicted octanol–water partition coefficient (Wildman–Crippen LogP) is 3.08. The minimum Gasteiger partial charge on any atom is -0.451 e. The first-order valence-corrected chi connectivity index (χ1v) is 9.73. The second-order valence-corrected chi connectivity index (χ2v) is 7.54. The van der Waals surface area contributed by atoms with E-state index in [0.29, 0.717) is 10.9 Å². The number of amides is 2. The van der Waals surface area contributed by atoms with Crippen molar-refractivity contribution < 1.29 is 19.1 Å². The molecule has 6 nitrogen and oxygen atoms in total. The lowest BCUT2D eigenvalue weighted by molar-refractivity contribution is -0.156. The van der Waals surface area contributed by atoms with E-state index >= 15 is 0 Å². The highest BCUT2D eigenvalue weighted by atomic mass is 35.5. The Bertz CT molecular complexity index is 694. The number of carbonyl (C=O) groups is 3. The van der Waals surface area contributed by atoms with Crippen molar-refractivity contribution in [1.82, 2.24) is 10.6 Å². The zero-order valence-corrected chi connectivity index (χ0v) is 16.7. The van der Waals surface area contributed by atoms with Crippen molar-refractivity contribution in [3.8, 4) is 0 Å². The van der Waals surface area contributed by atoms with Crippen LogP contribution in [0.25, 0.3) is 0 Å². The van der Waals surface area contributed by atoms with Gasteiger partial charge in [0.2, 0.25) is 0 Å². The Balaban J connectivity index is 1.84. The molecular formula is C20H27ClN2O4. The molecule has 1 saturated carbocycles. The van der Waals surface area contributed by atoms with Crippen LogP contribution in [0.3, 0.4) is 0 Å². The standard InChI is InChI=1S/C20H27ClN2O4/c1-12-8-4-7-11-17(12)23-18(24)14(3)27-20(26)13(2)22-19(25)15-9-5-6-10-16(15)21/h5-6,9-10,12-14,17H,4,7-8,11H2,1-3H3,(H,22,25)(H,23,24)/t12?,13-,14?,17?/m0/s1. The number of halogens is 1. The minimum atomic E-state index is -0.925. The molecule has 2 rings (SSSR count). The number of nitrogens with one attached hydrogen (secondary N) is 2. The van der Waals surface area contributed by atoms with Crippen LogP contribution in [0.5, 0.6) is 0 Å². The summed E-state index contributed by atoms with van der Waals surface area (Å²) in [6.07, 6.45) is 3.38. The van der Waals surface area contributed by atoms with Gasteiger partial charge in [-0.1, -0.05) is 43.5 Å². The first kappa shape index (κ1) is 21.2. The van der Waals surface area contributed by atoms with Crippen LogP contribution in [0.2, 0.25) is 5.02 Å². The van der Waals surface area contributed by atoms with Crippen LogP contribution in [0.15, 0.2) is 24.3 Å². The summed E-state index contributed by atoms with van der Waals surface area (Å²) < 4.78 is 5.22. The number of carbonyl (C=O) groups excluding carboxylic acids is 3. The Kier molecular flexibility index (Phi) is 7.66. The smallest absolute Gasteiger partial charge is 0.329 e. The highest BCUT2D eigenvalue weighted by Gasteiger charge is 2.28. The van der Waals surface area contributed by atoms with Crippen molar-refractivity contribution in [2.45, 2.75) is 64.6 Å². The van der Waals surface area contributed by atoms with E-state index < -0.39 is 24.0 Å². The Labute approximate surface area is 165 Å². The normalized spacial score (nSPS) is 21.6. The van der Waals surface area contributed by atoms with Gasteiger partial charge in [0.15, 0.2) is 6.10 Å². The highest BCUT2D eigenvalue weighted by molar-refractivity contribution is 6.33. The molecule has 1 aliphatic carbocycles. The molecule has 0 radical (unpaired) electrons. The monoisotopic (exact) mass is 394 g/mol. The maximum absolute atomic E-state index is 12.3. The topological polar surface area (TPSA) is 84.5 Å². The molecule has 0 saturated heterocycles. The fraction of sp³-hybridized carbons (Fsp3) is 0.550. The number of esters is 1. The first-order chi connectivity index (χ1) is 12.8. The molecule has 0 aliphatic heterocycles. The number of hydrogen-bond donors (Lipinski definition) is 2. The lowest BCUT2D eigenvalue weighted by atomic mass is 9.86. The SMILES string of the molecule is CC(OC(=O)[C@H](C)NC(=O)c1ccccc1Cl)C(=O)NC1CCCCC1C. The van der Waals surface area contributed by atoms with Gasteiger partial charge in [-0.15, -0.1) is 0 Å². The Hall–Kier alpha value is -2.08. The van der Waals surface area contributed by atoms with Gasteiger partial charge in [0.05, 0.1) is 10.6 Å². The highest BCUT2D eigenvalue weighted by Crippen LogP contribution is 2.23. The molecule has 2 amide bonds. The van der Waals surface area contributed by atoms with Gasteiger partial charge in [0.25, 0.3) is 11.8 Å². The van der Waals surface area contributed by atoms with E-state index in [4.69, 9.17) is 16.3 Å². The number of hydrogen-bond acceptors (Lipinski definition) is 4. The molecule has 0 heterocycles. The third kappa shape index (κ3) is 5.96. The summed E-state index contributed by atoms with van der Waals surface area (Å²) >= 11 is 5.98. The van der Waals surface area contributed by atoms with Crippen LogP contribution < -0.4 is 10.6 Å². The van der Waals surface area contributed by atoms with Crippen LogP contribution >= 0.6 is 11.6 Å². The Morgan fingerprint density at radius 1 is 1.15 bits per heavy atom. The number of rotatable bonds is 6. The fourth-order valence-corrected chi connectivity index (χ4v) is 3.36. The van der Waals surface area contributed by atoms with Gasteiger partial charge in [-0.25, -0.2) is 4.79 Å². The first-order valence-electron chi connectivity index (χ1n) is 9.36. The van der Waals surface area contributed by atoms with Gasteiger partial charge in [0, 0.05) is 6.04 Å². The molecule has 0 aromatic heterocycles. The molecule has 27 heavy (non-hydrogen) atoms. The Morgan fingerprint density at radius 3 is 2.48 bits per heavy atom. The average molecular weight is 395 g/mol. The molecule has 0 spiro atoms. The summed E-state index contributed by atoms with van der Waals surface area (Å²) in [5.41, 5.74) is 0.274. The van der Waals surface area contributed by atoms with Crippen LogP contribution in [0.4, 0.5) is 0 Å². The van der Waals surface area contributed by atoms with Gasteiger partial charge in [0.1, 0.15) is 6.04 Å². The van der Waals surface area contributed by atoms with Gasteiger partial charge in [-0.2, -0.15) is 0 Å². The summed E-state index contributed by atoms with van der Waals surface area (Å²) in [5.74, 6) is -1.04. The fourth-order valence-electron chi connectivity index (χ4n) is 3.14. The molecule has 2 N–H and O–H groups in total. The molecule has 3 unspecified atom stereocenters. The summed E-state index contributed by atoms with van der Waals surface area (Å²) in [6.45, 7) is 5.15. The number of benzene rings is 1. The van der Waals surface area contributed by atoms with E-state index in [1.165, 1.54) is 20.3 Å². The van der Waals surface area contributed by atoms with Crippen LogP contribution in [0.1, 0.15) is 56.8 Å². The van der Waals surface area contributed by atoms with Gasteiger partial charge < -0.3 is 15.4 Å². The maximum atomic E-state index is 12.3. The van der Waals surface area contributed by atoms with Gasteiger partial charge in [-0.05, 0) is 44.7 Å². The average Bonchev–Trinajstić information content (AvgIpc) is 2.63. The maximum Gasteiger partial charge on any atom is 0.329 e. The molecule has 1 fully saturated rings. The largest absolute Gasteiger partial charge is 0.451 e. The Morgan fingerprint density at radius 2 is 1.81 bits per heavy atom. The van der Waals surface area contributed by atoms with Crippen LogP contribution in [0, 0.1) is 5.92 Å². The van der Waals surface area contributed by atoms with E-state index in [1.54, 1.807) is 24.3 Å². The molecule has 1 aromatic rings. The lowest BCUT2D eigenvalue weighted by Crippen LogP contribution is -2.47. The van der Waals surface area contributed by atoms with E-state index in [0.717, 1.165) is 19.3 Å². The van der Waals surface area contributed by atoms with E-state index in [2.05, 4.69) is 17.6 Å². The molecular weight excluding hydrogens is 368 g/mol. The van der Waals surface area contributed by atoms with E-state index in [9.17, 15) is 14.4 Å². The third-order valence-corrected chi connectivity index (χ3v) is 5.25. The minimum absolute atomic E-state index is 0.116. The number of ether oxygens (including phenoxy) is 1. The summed E-state index contributed by atoms with van der Waals surface area (Å²) in [5, 5.41) is 5.80. The molecule has 4 atom stereocenters. The van der Waals surface area contributed by atoms with Crippen molar-refractivity contribution in [1.29, 1.82) is 0 Å². The van der Waals surface area contributed by atoms with E-state index in [1.807, 2.05) is 0 Å². The second-order valence-electron chi connectivity index (χ2n) is 7.13. The van der Waals surface area contributed by atoms with Crippen molar-refractivity contribution in [3.05, 3.63) is 34.9 Å². The predicted molar refractivity (Wildman–Crippen MR) is 103 cm³/mol. The lowest BCUT2D eigenvalue weighted by Gasteiger charge is -2.30. The zero-order chi connectivity index (χ0) is 20.0. The van der Waals surface area contributed by atoms with Crippen molar-refractivity contribution >= 4 is 29.4 Å². The summed E-state index contributed by atoms with van der Waals surface area (Å²) in [6, 6.07) is 5.77. The van der Waals surface area contributed by atoms with Crippen LogP contribution in [-0.2, 0) is 14.3 Å². The van der Waals surface area contributed by atoms with Crippen molar-refractivity contribution in [2.75, 3.05) is 0 Å². The summed E-state index contributed by atoms with van der Waals surface area (Å²) in [7, 11) is 0. The zero-order valence-electron chi connectivity index (χ0n) is 16.0. The quantitative estimate of drug-likeness (QED) is 0.726. The van der Waals surface area contributed by atoms with Crippen molar-refractivity contribution in [3.63, 3.8) is 0 Å². The van der Waals surface area contributed by atoms with Crippen molar-refractivity contribution in [2.24, 2.45) is 5.92 Å². The van der Waals surface area contributed by atoms with Crippen LogP contribution in [-0.4, -0.2) is 36.0 Å². The molecule has 148 valence electrons.